The largest absolute Gasteiger partial charge is 0.497 e. The number of nitrogens with zero attached hydrogens (tertiary/aromatic N) is 4. The molecule has 3 heterocycles. The van der Waals surface area contributed by atoms with Gasteiger partial charge in [0.2, 0.25) is 10.0 Å². The molecule has 0 spiro atoms. The van der Waals surface area contributed by atoms with Gasteiger partial charge in [0, 0.05) is 25.8 Å². The summed E-state index contributed by atoms with van der Waals surface area (Å²) < 4.78 is 33.1. The second kappa shape index (κ2) is 8.92. The first-order valence-electron chi connectivity index (χ1n) is 10.7. The number of sulfonamides is 1. The van der Waals surface area contributed by atoms with Gasteiger partial charge in [-0.2, -0.15) is 4.31 Å². The van der Waals surface area contributed by atoms with Crippen LogP contribution in [0.2, 0.25) is 0 Å². The van der Waals surface area contributed by atoms with Crippen LogP contribution in [0.3, 0.4) is 0 Å². The predicted molar refractivity (Wildman–Crippen MR) is 115 cm³/mol. The summed E-state index contributed by atoms with van der Waals surface area (Å²) in [4.78, 5) is 23.9. The fraction of sp³-hybridized carbons (Fsp3) is 0.500. The number of likely N-dealkylation sites (tertiary alicyclic amines) is 1. The van der Waals surface area contributed by atoms with E-state index in [2.05, 4.69) is 9.97 Å². The van der Waals surface area contributed by atoms with Crippen LogP contribution in [0.1, 0.15) is 60.0 Å². The molecule has 2 aliphatic rings. The Kier molecular flexibility index (Phi) is 6.24. The Bertz CT molecular complexity index is 1050. The summed E-state index contributed by atoms with van der Waals surface area (Å²) in [5.41, 5.74) is 1.09. The summed E-state index contributed by atoms with van der Waals surface area (Å²) in [6.07, 6.45) is 6.13. The lowest BCUT2D eigenvalue weighted by Gasteiger charge is -2.27. The third-order valence-corrected chi connectivity index (χ3v) is 7.96. The molecule has 2 fully saturated rings. The smallest absolute Gasteiger partial charge is 0.257 e. The first-order chi connectivity index (χ1) is 14.9. The van der Waals surface area contributed by atoms with E-state index in [1.54, 1.807) is 44.5 Å². The van der Waals surface area contributed by atoms with Gasteiger partial charge in [-0.25, -0.2) is 18.4 Å². The average Bonchev–Trinajstić information content (AvgIpc) is 3.30. The summed E-state index contributed by atoms with van der Waals surface area (Å²) in [5, 5.41) is 0. The Morgan fingerprint density at radius 3 is 2.42 bits per heavy atom. The van der Waals surface area contributed by atoms with Crippen LogP contribution in [0.25, 0.3) is 0 Å². The highest BCUT2D eigenvalue weighted by Crippen LogP contribution is 2.35. The van der Waals surface area contributed by atoms with Crippen LogP contribution in [0, 0.1) is 6.92 Å². The van der Waals surface area contributed by atoms with Crippen molar-refractivity contribution in [2.75, 3.05) is 26.7 Å². The maximum absolute atomic E-state index is 13.3. The normalized spacial score (nSPS) is 20.1. The zero-order valence-electron chi connectivity index (χ0n) is 18.0. The SMILES string of the molecule is COc1ccc(S(=O)(=O)N2CCCC2c2ncc(C(=O)N3CCCCC3)c(C)n2)cc1. The average molecular weight is 445 g/mol. The van der Waals surface area contributed by atoms with Crippen molar-refractivity contribution in [3.05, 3.63) is 47.5 Å². The van der Waals surface area contributed by atoms with Crippen LogP contribution in [0.4, 0.5) is 0 Å². The van der Waals surface area contributed by atoms with Gasteiger partial charge in [0.25, 0.3) is 5.91 Å². The topological polar surface area (TPSA) is 92.7 Å². The molecule has 1 amide bonds. The van der Waals surface area contributed by atoms with Gasteiger partial charge in [-0.15, -0.1) is 0 Å². The van der Waals surface area contributed by atoms with Crippen LogP contribution in [-0.4, -0.2) is 60.2 Å². The van der Waals surface area contributed by atoms with E-state index in [0.717, 1.165) is 38.8 Å². The molecule has 166 valence electrons. The van der Waals surface area contributed by atoms with Crippen LogP contribution in [0.15, 0.2) is 35.4 Å². The predicted octanol–water partition coefficient (Wildman–Crippen LogP) is 2.95. The highest BCUT2D eigenvalue weighted by molar-refractivity contribution is 7.89. The standard InChI is InChI=1S/C22H28N4O4S/c1-16-19(22(27)25-12-4-3-5-13-25)15-23-21(24-16)20-7-6-14-26(20)31(28,29)18-10-8-17(30-2)9-11-18/h8-11,15,20H,3-7,12-14H2,1-2H3. The van der Waals surface area contributed by atoms with E-state index in [9.17, 15) is 13.2 Å². The van der Waals surface area contributed by atoms with Crippen molar-refractivity contribution < 1.29 is 17.9 Å². The van der Waals surface area contributed by atoms with Gasteiger partial charge in [0.15, 0.2) is 0 Å². The van der Waals surface area contributed by atoms with Gasteiger partial charge in [0.05, 0.1) is 29.3 Å². The van der Waals surface area contributed by atoms with E-state index < -0.39 is 16.1 Å². The number of ether oxygens (including phenoxy) is 1. The first-order valence-corrected chi connectivity index (χ1v) is 12.1. The van der Waals surface area contributed by atoms with Gasteiger partial charge in [-0.05, 0) is 63.3 Å². The van der Waals surface area contributed by atoms with E-state index in [1.165, 1.54) is 4.31 Å². The molecule has 0 N–H and O–H groups in total. The molecule has 2 saturated heterocycles. The zero-order chi connectivity index (χ0) is 22.0. The Labute approximate surface area is 183 Å². The fourth-order valence-electron chi connectivity index (χ4n) is 4.29. The minimum absolute atomic E-state index is 0.0436. The molecule has 0 bridgehead atoms. The van der Waals surface area contributed by atoms with E-state index in [0.29, 0.717) is 35.8 Å². The fourth-order valence-corrected chi connectivity index (χ4v) is 5.95. The molecule has 9 heteroatoms. The summed E-state index contributed by atoms with van der Waals surface area (Å²) in [7, 11) is -2.15. The quantitative estimate of drug-likeness (QED) is 0.704. The second-order valence-electron chi connectivity index (χ2n) is 8.03. The summed E-state index contributed by atoms with van der Waals surface area (Å²) in [6.45, 7) is 3.72. The molecule has 1 unspecified atom stereocenters. The third kappa shape index (κ3) is 4.29. The molecule has 0 saturated carbocycles. The van der Waals surface area contributed by atoms with Crippen LogP contribution in [0.5, 0.6) is 5.75 Å². The molecule has 2 aromatic rings. The van der Waals surface area contributed by atoms with Crippen molar-refractivity contribution in [2.24, 2.45) is 0 Å². The van der Waals surface area contributed by atoms with Crippen LogP contribution < -0.4 is 4.74 Å². The monoisotopic (exact) mass is 444 g/mol. The lowest BCUT2D eigenvalue weighted by molar-refractivity contribution is 0.0722. The number of hydrogen-bond acceptors (Lipinski definition) is 6. The summed E-state index contributed by atoms with van der Waals surface area (Å²) in [6, 6.07) is 5.94. The van der Waals surface area contributed by atoms with Crippen molar-refractivity contribution in [1.29, 1.82) is 0 Å². The molecule has 1 aromatic carbocycles. The van der Waals surface area contributed by atoms with Gasteiger partial charge in [-0.1, -0.05) is 0 Å². The van der Waals surface area contributed by atoms with Crippen molar-refractivity contribution in [3.8, 4) is 5.75 Å². The summed E-state index contributed by atoms with van der Waals surface area (Å²) >= 11 is 0. The van der Waals surface area contributed by atoms with Crippen LogP contribution >= 0.6 is 0 Å². The highest BCUT2D eigenvalue weighted by atomic mass is 32.2. The molecular formula is C22H28N4O4S. The van der Waals surface area contributed by atoms with E-state index in [-0.39, 0.29) is 10.8 Å². The minimum Gasteiger partial charge on any atom is -0.497 e. The van der Waals surface area contributed by atoms with Gasteiger partial charge in [0.1, 0.15) is 11.6 Å². The van der Waals surface area contributed by atoms with E-state index in [1.807, 2.05) is 4.90 Å². The molecular weight excluding hydrogens is 416 g/mol. The second-order valence-corrected chi connectivity index (χ2v) is 9.92. The number of piperidine rings is 1. The zero-order valence-corrected chi connectivity index (χ0v) is 18.8. The number of amides is 1. The molecule has 1 aromatic heterocycles. The Morgan fingerprint density at radius 2 is 1.77 bits per heavy atom. The van der Waals surface area contributed by atoms with Crippen molar-refractivity contribution in [1.82, 2.24) is 19.2 Å². The Balaban J connectivity index is 1.58. The van der Waals surface area contributed by atoms with E-state index >= 15 is 0 Å². The Hall–Kier alpha value is -2.52. The molecule has 0 aliphatic carbocycles. The van der Waals surface area contributed by atoms with E-state index in [4.69, 9.17) is 4.74 Å². The Morgan fingerprint density at radius 1 is 1.06 bits per heavy atom. The van der Waals surface area contributed by atoms with Crippen molar-refractivity contribution in [3.63, 3.8) is 0 Å². The maximum Gasteiger partial charge on any atom is 0.257 e. The molecule has 2 aliphatic heterocycles. The molecule has 31 heavy (non-hydrogen) atoms. The number of carbonyl (C=O) groups is 1. The maximum atomic E-state index is 13.3. The van der Waals surface area contributed by atoms with Crippen LogP contribution in [-0.2, 0) is 10.0 Å². The number of rotatable bonds is 5. The third-order valence-electron chi connectivity index (χ3n) is 6.04. The lowest BCUT2D eigenvalue weighted by Crippen LogP contribution is -2.36. The summed E-state index contributed by atoms with van der Waals surface area (Å²) in [5.74, 6) is 1.00. The number of benzene rings is 1. The number of carbonyl (C=O) groups excluding carboxylic acids is 1. The minimum atomic E-state index is -3.69. The van der Waals surface area contributed by atoms with Gasteiger partial charge in [-0.3, -0.25) is 4.79 Å². The van der Waals surface area contributed by atoms with Crippen molar-refractivity contribution >= 4 is 15.9 Å². The molecule has 1 atom stereocenters. The first kappa shape index (κ1) is 21.7. The number of aromatic nitrogens is 2. The molecule has 0 radical (unpaired) electrons. The number of aryl methyl sites for hydroxylation is 1. The van der Waals surface area contributed by atoms with Gasteiger partial charge >= 0.3 is 0 Å². The number of methoxy groups -OCH3 is 1. The molecule has 8 nitrogen and oxygen atoms in total. The van der Waals surface area contributed by atoms with Crippen molar-refractivity contribution in [2.45, 2.75) is 50.0 Å². The lowest BCUT2D eigenvalue weighted by atomic mass is 10.1. The molecule has 4 rings (SSSR count). The number of hydrogen-bond donors (Lipinski definition) is 0. The van der Waals surface area contributed by atoms with Gasteiger partial charge < -0.3 is 9.64 Å². The highest BCUT2D eigenvalue weighted by Gasteiger charge is 2.38.